The van der Waals surface area contributed by atoms with Crippen LogP contribution in [0.1, 0.15) is 20.3 Å². The lowest BCUT2D eigenvalue weighted by Crippen LogP contribution is -2.14. The summed E-state index contributed by atoms with van der Waals surface area (Å²) in [5, 5.41) is 0. The normalized spacial score (nSPS) is 11.5. The van der Waals surface area contributed by atoms with Gasteiger partial charge in [0.1, 0.15) is 0 Å². The topological polar surface area (TPSA) is 0 Å². The first-order valence-corrected chi connectivity index (χ1v) is 2.54. The molecule has 48 valence electrons. The lowest BCUT2D eigenvalue weighted by Gasteiger charge is -2.11. The second-order valence-corrected chi connectivity index (χ2v) is 1.84. The maximum Gasteiger partial charge on any atom is 0.268 e. The van der Waals surface area contributed by atoms with Gasteiger partial charge in [-0.15, -0.1) is 0 Å². The van der Waals surface area contributed by atoms with E-state index in [2.05, 4.69) is 6.58 Å². The molecule has 0 saturated carbocycles. The van der Waals surface area contributed by atoms with Gasteiger partial charge in [0.15, 0.2) is 0 Å². The Kier molecular flexibility index (Phi) is 2.13. The van der Waals surface area contributed by atoms with E-state index in [9.17, 15) is 8.78 Å². The molecule has 0 aliphatic heterocycles. The average Bonchev–Trinajstić information content (AvgIpc) is 1.67. The van der Waals surface area contributed by atoms with Crippen molar-refractivity contribution in [1.82, 2.24) is 0 Å². The lowest BCUT2D eigenvalue weighted by atomic mass is 10.1. The van der Waals surface area contributed by atoms with Crippen LogP contribution < -0.4 is 0 Å². The molecule has 0 spiro atoms. The molecule has 0 nitrogen and oxygen atoms in total. The summed E-state index contributed by atoms with van der Waals surface area (Å²) in [5.74, 6) is -2.65. The van der Waals surface area contributed by atoms with Gasteiger partial charge < -0.3 is 0 Å². The minimum Gasteiger partial charge on any atom is -0.202 e. The summed E-state index contributed by atoms with van der Waals surface area (Å²) in [6, 6.07) is 0. The van der Waals surface area contributed by atoms with Crippen molar-refractivity contribution in [2.45, 2.75) is 26.2 Å². The molecule has 0 N–H and O–H groups in total. The fourth-order valence-electron chi connectivity index (χ4n) is 0.302. The molecule has 0 fully saturated rings. The molecule has 0 radical (unpaired) electrons. The van der Waals surface area contributed by atoms with Gasteiger partial charge in [-0.25, -0.2) is 8.78 Å². The monoisotopic (exact) mass is 120 g/mol. The van der Waals surface area contributed by atoms with Crippen molar-refractivity contribution in [3.05, 3.63) is 12.2 Å². The van der Waals surface area contributed by atoms with E-state index in [0.717, 1.165) is 0 Å². The van der Waals surface area contributed by atoms with Gasteiger partial charge >= 0.3 is 0 Å². The van der Waals surface area contributed by atoms with Gasteiger partial charge in [0.25, 0.3) is 5.92 Å². The highest BCUT2D eigenvalue weighted by Gasteiger charge is 2.26. The molecule has 0 bridgehead atoms. The largest absolute Gasteiger partial charge is 0.268 e. The number of hydrogen-bond donors (Lipinski definition) is 0. The molecule has 0 aromatic heterocycles. The summed E-state index contributed by atoms with van der Waals surface area (Å²) in [5.41, 5.74) is -0.0556. The molecular formula is C6H10F2. The lowest BCUT2D eigenvalue weighted by molar-refractivity contribution is 0.0382. The zero-order chi connectivity index (χ0) is 6.78. The number of hydrogen-bond acceptors (Lipinski definition) is 0. The average molecular weight is 120 g/mol. The fourth-order valence-corrected chi connectivity index (χ4v) is 0.302. The van der Waals surface area contributed by atoms with Crippen molar-refractivity contribution < 1.29 is 8.78 Å². The van der Waals surface area contributed by atoms with E-state index in [4.69, 9.17) is 0 Å². The molecule has 0 rings (SSSR count). The summed E-state index contributed by atoms with van der Waals surface area (Å²) in [6.07, 6.45) is -0.150. The minimum atomic E-state index is -2.65. The zero-order valence-electron chi connectivity index (χ0n) is 5.17. The molecule has 0 aromatic rings. The van der Waals surface area contributed by atoms with Gasteiger partial charge in [0, 0.05) is 6.42 Å². The van der Waals surface area contributed by atoms with Crippen molar-refractivity contribution in [3.8, 4) is 0 Å². The van der Waals surface area contributed by atoms with Crippen molar-refractivity contribution in [2.24, 2.45) is 0 Å². The zero-order valence-corrected chi connectivity index (χ0v) is 5.17. The Labute approximate surface area is 48.2 Å². The minimum absolute atomic E-state index is 0.0556. The van der Waals surface area contributed by atoms with Crippen LogP contribution in [0.2, 0.25) is 0 Å². The Bertz CT molecular complexity index is 94.7. The first-order valence-electron chi connectivity index (χ1n) is 2.54. The van der Waals surface area contributed by atoms with Crippen molar-refractivity contribution in [2.75, 3.05) is 0 Å². The van der Waals surface area contributed by atoms with Crippen LogP contribution in [0.15, 0.2) is 12.2 Å². The number of allylic oxidation sites excluding steroid dienone is 1. The molecule has 0 aromatic carbocycles. The molecule has 0 saturated heterocycles. The summed E-state index contributed by atoms with van der Waals surface area (Å²) in [6.45, 7) is 5.92. The molecule has 2 heteroatoms. The third-order valence-electron chi connectivity index (χ3n) is 1.07. The highest BCUT2D eigenvalue weighted by Crippen LogP contribution is 2.24. The summed E-state index contributed by atoms with van der Waals surface area (Å²) in [4.78, 5) is 0. The molecule has 0 aliphatic carbocycles. The van der Waals surface area contributed by atoms with Crippen LogP contribution in [0.25, 0.3) is 0 Å². The maximum absolute atomic E-state index is 12.2. The molecule has 0 amide bonds. The number of rotatable bonds is 2. The molecule has 0 heterocycles. The van der Waals surface area contributed by atoms with Gasteiger partial charge in [0.2, 0.25) is 0 Å². The van der Waals surface area contributed by atoms with Crippen LogP contribution in [0.3, 0.4) is 0 Å². The van der Waals surface area contributed by atoms with Gasteiger partial charge in [-0.2, -0.15) is 0 Å². The smallest absolute Gasteiger partial charge is 0.202 e. The van der Waals surface area contributed by atoms with Crippen LogP contribution in [0.5, 0.6) is 0 Å². The van der Waals surface area contributed by atoms with Crippen LogP contribution in [-0.2, 0) is 0 Å². The van der Waals surface area contributed by atoms with E-state index in [0.29, 0.717) is 0 Å². The highest BCUT2D eigenvalue weighted by atomic mass is 19.3. The quantitative estimate of drug-likeness (QED) is 0.491. The predicted molar refractivity (Wildman–Crippen MR) is 30.1 cm³/mol. The Morgan fingerprint density at radius 3 is 2.00 bits per heavy atom. The molecule has 0 unspecified atom stereocenters. The van der Waals surface area contributed by atoms with Crippen molar-refractivity contribution in [3.63, 3.8) is 0 Å². The first kappa shape index (κ1) is 7.60. The summed E-state index contributed by atoms with van der Waals surface area (Å²) >= 11 is 0. The van der Waals surface area contributed by atoms with Gasteiger partial charge in [-0.05, 0) is 12.5 Å². The van der Waals surface area contributed by atoms with Crippen LogP contribution in [0, 0.1) is 0 Å². The van der Waals surface area contributed by atoms with E-state index in [-0.39, 0.29) is 12.0 Å². The SMILES string of the molecule is C=C(C)C(F)(F)CC. The Hall–Kier alpha value is -0.400. The Morgan fingerprint density at radius 2 is 2.00 bits per heavy atom. The van der Waals surface area contributed by atoms with E-state index < -0.39 is 5.92 Å². The van der Waals surface area contributed by atoms with Crippen molar-refractivity contribution in [1.29, 1.82) is 0 Å². The van der Waals surface area contributed by atoms with E-state index in [1.165, 1.54) is 13.8 Å². The fraction of sp³-hybridized carbons (Fsp3) is 0.667. The Morgan fingerprint density at radius 1 is 1.62 bits per heavy atom. The second-order valence-electron chi connectivity index (χ2n) is 1.84. The van der Waals surface area contributed by atoms with Crippen LogP contribution in [-0.4, -0.2) is 5.92 Å². The Balaban J connectivity index is 3.91. The van der Waals surface area contributed by atoms with Gasteiger partial charge in [-0.3, -0.25) is 0 Å². The number of halogens is 2. The van der Waals surface area contributed by atoms with Gasteiger partial charge in [-0.1, -0.05) is 13.5 Å². The predicted octanol–water partition coefficient (Wildman–Crippen LogP) is 2.61. The molecule has 0 atom stereocenters. The van der Waals surface area contributed by atoms with Crippen LogP contribution >= 0.6 is 0 Å². The number of alkyl halides is 2. The van der Waals surface area contributed by atoms with E-state index >= 15 is 0 Å². The third-order valence-corrected chi connectivity index (χ3v) is 1.07. The highest BCUT2D eigenvalue weighted by molar-refractivity contribution is 5.02. The summed E-state index contributed by atoms with van der Waals surface area (Å²) < 4.78 is 24.4. The third kappa shape index (κ3) is 1.60. The van der Waals surface area contributed by atoms with Gasteiger partial charge in [0.05, 0.1) is 0 Å². The first-order chi connectivity index (χ1) is 3.50. The van der Waals surface area contributed by atoms with Crippen LogP contribution in [0.4, 0.5) is 8.78 Å². The second kappa shape index (κ2) is 2.25. The molecule has 0 aliphatic rings. The summed E-state index contributed by atoms with van der Waals surface area (Å²) in [7, 11) is 0. The standard InChI is InChI=1S/C6H10F2/c1-4-6(7,8)5(2)3/h2,4H2,1,3H3. The molecular weight excluding hydrogens is 110 g/mol. The van der Waals surface area contributed by atoms with Crippen molar-refractivity contribution >= 4 is 0 Å². The maximum atomic E-state index is 12.2. The molecule has 8 heavy (non-hydrogen) atoms. The van der Waals surface area contributed by atoms with E-state index in [1.807, 2.05) is 0 Å². The van der Waals surface area contributed by atoms with E-state index in [1.54, 1.807) is 0 Å².